The Labute approximate surface area is 175 Å². The quantitative estimate of drug-likeness (QED) is 0.672. The Bertz CT molecular complexity index is 992. The van der Waals surface area contributed by atoms with Crippen molar-refractivity contribution in [3.63, 3.8) is 0 Å². The normalized spacial score (nSPS) is 18.1. The lowest BCUT2D eigenvalue weighted by molar-refractivity contribution is -0.126. The van der Waals surface area contributed by atoms with Gasteiger partial charge in [0, 0.05) is 18.7 Å². The number of rotatable bonds is 6. The zero-order chi connectivity index (χ0) is 20.9. The average molecular weight is 408 g/mol. The van der Waals surface area contributed by atoms with Crippen molar-refractivity contribution in [2.45, 2.75) is 38.3 Å². The topological polar surface area (TPSA) is 71.3 Å². The second kappa shape index (κ2) is 9.17. The summed E-state index contributed by atoms with van der Waals surface area (Å²) in [5.41, 5.74) is 1.66. The molecule has 30 heavy (non-hydrogen) atoms. The Morgan fingerprint density at radius 1 is 1.27 bits per heavy atom. The molecule has 1 aromatic heterocycles. The van der Waals surface area contributed by atoms with Crippen LogP contribution in [0.4, 0.5) is 4.39 Å². The predicted octanol–water partition coefficient (Wildman–Crippen LogP) is 3.76. The first kappa shape index (κ1) is 20.2. The van der Waals surface area contributed by atoms with Gasteiger partial charge >= 0.3 is 0 Å². The molecular formula is C23H25FN4O2. The number of nitrogens with one attached hydrogen (secondary N) is 1. The van der Waals surface area contributed by atoms with Gasteiger partial charge in [0.25, 0.3) is 0 Å². The van der Waals surface area contributed by atoms with Crippen LogP contribution in [0.3, 0.4) is 0 Å². The van der Waals surface area contributed by atoms with Gasteiger partial charge < -0.3 is 9.84 Å². The lowest BCUT2D eigenvalue weighted by atomic mass is 9.96. The number of aromatic nitrogens is 2. The highest BCUT2D eigenvalue weighted by atomic mass is 19.1. The molecule has 2 aromatic carbocycles. The second-order valence-corrected chi connectivity index (χ2v) is 7.68. The van der Waals surface area contributed by atoms with E-state index in [-0.39, 0.29) is 23.7 Å². The second-order valence-electron chi connectivity index (χ2n) is 7.68. The highest BCUT2D eigenvalue weighted by Gasteiger charge is 2.31. The van der Waals surface area contributed by atoms with E-state index in [1.54, 1.807) is 12.1 Å². The van der Waals surface area contributed by atoms with Crippen molar-refractivity contribution < 1.29 is 13.7 Å². The molecule has 0 spiro atoms. The number of nitrogens with zero attached hydrogens (tertiary/aromatic N) is 3. The fourth-order valence-electron chi connectivity index (χ4n) is 3.80. The smallest absolute Gasteiger partial charge is 0.237 e. The van der Waals surface area contributed by atoms with E-state index in [1.807, 2.05) is 37.3 Å². The number of carbonyl (C=O) groups excluding carboxylic acids is 1. The van der Waals surface area contributed by atoms with E-state index in [1.165, 1.54) is 12.1 Å². The summed E-state index contributed by atoms with van der Waals surface area (Å²) in [6, 6.07) is 15.8. The van der Waals surface area contributed by atoms with Gasteiger partial charge in [0.05, 0.1) is 12.0 Å². The molecule has 0 radical (unpaired) electrons. The largest absolute Gasteiger partial charge is 0.351 e. The van der Waals surface area contributed by atoms with Crippen molar-refractivity contribution in [1.82, 2.24) is 20.4 Å². The van der Waals surface area contributed by atoms with Crippen LogP contribution in [0.15, 0.2) is 59.1 Å². The number of amides is 1. The number of hydrogen-bond acceptors (Lipinski definition) is 5. The van der Waals surface area contributed by atoms with Crippen LogP contribution in [0, 0.1) is 5.82 Å². The molecule has 2 atom stereocenters. The van der Waals surface area contributed by atoms with E-state index in [2.05, 4.69) is 20.4 Å². The summed E-state index contributed by atoms with van der Waals surface area (Å²) in [4.78, 5) is 19.3. The molecule has 2 heterocycles. The molecule has 0 bridgehead atoms. The molecular weight excluding hydrogens is 383 g/mol. The Morgan fingerprint density at radius 3 is 2.90 bits per heavy atom. The molecule has 7 heteroatoms. The third-order valence-electron chi connectivity index (χ3n) is 5.56. The van der Waals surface area contributed by atoms with E-state index in [0.29, 0.717) is 30.4 Å². The molecule has 1 fully saturated rings. The Morgan fingerprint density at radius 2 is 2.10 bits per heavy atom. The van der Waals surface area contributed by atoms with Crippen molar-refractivity contribution in [3.8, 4) is 11.4 Å². The summed E-state index contributed by atoms with van der Waals surface area (Å²) in [6.45, 7) is 3.96. The molecule has 3 aromatic rings. The minimum absolute atomic E-state index is 0.00508. The van der Waals surface area contributed by atoms with Crippen LogP contribution in [0.1, 0.15) is 37.1 Å². The molecule has 2 unspecified atom stereocenters. The van der Waals surface area contributed by atoms with E-state index >= 15 is 0 Å². The summed E-state index contributed by atoms with van der Waals surface area (Å²) < 4.78 is 19.0. The van der Waals surface area contributed by atoms with E-state index in [4.69, 9.17) is 4.52 Å². The lowest BCUT2D eigenvalue weighted by Gasteiger charge is -2.34. The average Bonchev–Trinajstić information content (AvgIpc) is 3.28. The Hall–Kier alpha value is -3.06. The van der Waals surface area contributed by atoms with Gasteiger partial charge in [-0.05, 0) is 44.0 Å². The van der Waals surface area contributed by atoms with Crippen LogP contribution >= 0.6 is 0 Å². The fourth-order valence-corrected chi connectivity index (χ4v) is 3.80. The Kier molecular flexibility index (Phi) is 6.18. The van der Waals surface area contributed by atoms with E-state index < -0.39 is 0 Å². The van der Waals surface area contributed by atoms with Gasteiger partial charge in [-0.15, -0.1) is 0 Å². The summed E-state index contributed by atoms with van der Waals surface area (Å²) >= 11 is 0. The highest BCUT2D eigenvalue weighted by Crippen LogP contribution is 2.28. The minimum Gasteiger partial charge on any atom is -0.351 e. The molecule has 1 aliphatic heterocycles. The standard InChI is InChI=1S/C23H25FN4O2/c1-16(22(29)25-14-17-7-3-2-4-8-17)28-12-6-10-19(15-28)23-26-21(27-30-23)18-9-5-11-20(24)13-18/h2-5,7-9,11,13,16,19H,6,10,12,14-15H2,1H3,(H,25,29). The first-order valence-electron chi connectivity index (χ1n) is 10.3. The molecule has 156 valence electrons. The first-order chi connectivity index (χ1) is 14.6. The summed E-state index contributed by atoms with van der Waals surface area (Å²) in [7, 11) is 0. The lowest BCUT2D eigenvalue weighted by Crippen LogP contribution is -2.48. The highest BCUT2D eigenvalue weighted by molar-refractivity contribution is 5.81. The number of benzene rings is 2. The maximum absolute atomic E-state index is 13.5. The van der Waals surface area contributed by atoms with Gasteiger partial charge in [-0.25, -0.2) is 4.39 Å². The van der Waals surface area contributed by atoms with Crippen LogP contribution in [0.25, 0.3) is 11.4 Å². The van der Waals surface area contributed by atoms with Gasteiger partial charge in [0.1, 0.15) is 5.82 Å². The monoisotopic (exact) mass is 408 g/mol. The van der Waals surface area contributed by atoms with Crippen molar-refractivity contribution in [3.05, 3.63) is 71.9 Å². The molecule has 1 saturated heterocycles. The van der Waals surface area contributed by atoms with Crippen LogP contribution in [-0.4, -0.2) is 40.1 Å². The maximum atomic E-state index is 13.5. The van der Waals surface area contributed by atoms with Crippen molar-refractivity contribution in [2.75, 3.05) is 13.1 Å². The van der Waals surface area contributed by atoms with Crippen LogP contribution < -0.4 is 5.32 Å². The van der Waals surface area contributed by atoms with Crippen molar-refractivity contribution in [1.29, 1.82) is 0 Å². The number of likely N-dealkylation sites (tertiary alicyclic amines) is 1. The van der Waals surface area contributed by atoms with E-state index in [9.17, 15) is 9.18 Å². The molecule has 1 N–H and O–H groups in total. The van der Waals surface area contributed by atoms with E-state index in [0.717, 1.165) is 24.9 Å². The zero-order valence-electron chi connectivity index (χ0n) is 16.9. The zero-order valence-corrected chi connectivity index (χ0v) is 16.9. The fraction of sp³-hybridized carbons (Fsp3) is 0.348. The van der Waals surface area contributed by atoms with Crippen molar-refractivity contribution in [2.24, 2.45) is 0 Å². The molecule has 4 rings (SSSR count). The summed E-state index contributed by atoms with van der Waals surface area (Å²) in [6.07, 6.45) is 1.86. The molecule has 6 nitrogen and oxygen atoms in total. The molecule has 0 aliphatic carbocycles. The summed E-state index contributed by atoms with van der Waals surface area (Å²) in [5, 5.41) is 7.03. The van der Waals surface area contributed by atoms with Crippen LogP contribution in [0.2, 0.25) is 0 Å². The number of carbonyl (C=O) groups is 1. The van der Waals surface area contributed by atoms with Gasteiger partial charge in [-0.1, -0.05) is 47.6 Å². The van der Waals surface area contributed by atoms with Gasteiger partial charge in [-0.2, -0.15) is 4.98 Å². The molecule has 1 aliphatic rings. The van der Waals surface area contributed by atoms with Crippen LogP contribution in [0.5, 0.6) is 0 Å². The Balaban J connectivity index is 1.37. The summed E-state index contributed by atoms with van der Waals surface area (Å²) in [5.74, 6) is 0.646. The first-order valence-corrected chi connectivity index (χ1v) is 10.3. The number of piperidine rings is 1. The van der Waals surface area contributed by atoms with Crippen LogP contribution in [-0.2, 0) is 11.3 Å². The number of hydrogen-bond donors (Lipinski definition) is 1. The number of halogens is 1. The molecule has 0 saturated carbocycles. The maximum Gasteiger partial charge on any atom is 0.237 e. The third kappa shape index (κ3) is 4.74. The SMILES string of the molecule is CC(C(=O)NCc1ccccc1)N1CCCC(c2nc(-c3cccc(F)c3)no2)C1. The van der Waals surface area contributed by atoms with Gasteiger partial charge in [-0.3, -0.25) is 9.69 Å². The van der Waals surface area contributed by atoms with Crippen molar-refractivity contribution >= 4 is 5.91 Å². The third-order valence-corrected chi connectivity index (χ3v) is 5.56. The minimum atomic E-state index is -0.335. The molecule has 1 amide bonds. The van der Waals surface area contributed by atoms with Gasteiger partial charge in [0.2, 0.25) is 17.6 Å². The predicted molar refractivity (Wildman–Crippen MR) is 111 cm³/mol. The van der Waals surface area contributed by atoms with Gasteiger partial charge in [0.15, 0.2) is 0 Å².